The number of carbonyl (C=O) groups is 2. The van der Waals surface area contributed by atoms with Crippen molar-refractivity contribution in [2.24, 2.45) is 0 Å². The monoisotopic (exact) mass is 442 g/mol. The van der Waals surface area contributed by atoms with Crippen molar-refractivity contribution in [3.8, 4) is 0 Å². The smallest absolute Gasteiger partial charge is 0.291 e. The fourth-order valence-electron chi connectivity index (χ4n) is 3.17. The third kappa shape index (κ3) is 5.28. The minimum absolute atomic E-state index is 0.0919. The average molecular weight is 443 g/mol. The first-order chi connectivity index (χ1) is 15.6. The van der Waals surface area contributed by atoms with Gasteiger partial charge in [0.1, 0.15) is 5.25 Å². The number of amides is 2. The van der Waals surface area contributed by atoms with Gasteiger partial charge in [-0.1, -0.05) is 48.5 Å². The summed E-state index contributed by atoms with van der Waals surface area (Å²) in [5, 5.41) is 5.42. The highest BCUT2D eigenvalue weighted by Crippen LogP contribution is 2.37. The zero-order valence-corrected chi connectivity index (χ0v) is 18.3. The van der Waals surface area contributed by atoms with Gasteiger partial charge in [-0.2, -0.15) is 0 Å². The molecule has 0 fully saturated rings. The van der Waals surface area contributed by atoms with E-state index in [2.05, 4.69) is 10.6 Å². The molecule has 32 heavy (non-hydrogen) atoms. The first-order valence-electron chi connectivity index (χ1n) is 10.1. The molecule has 6 heteroatoms. The Balaban J connectivity index is 1.50. The number of hydrogen-bond acceptors (Lipinski definition) is 4. The number of rotatable bonds is 7. The molecule has 0 aliphatic rings. The van der Waals surface area contributed by atoms with Crippen LogP contribution in [0.5, 0.6) is 0 Å². The lowest BCUT2D eigenvalue weighted by atomic mass is 10.1. The molecule has 5 nitrogen and oxygen atoms in total. The summed E-state index contributed by atoms with van der Waals surface area (Å²) >= 11 is 1.46. The minimum atomic E-state index is -0.431. The van der Waals surface area contributed by atoms with Gasteiger partial charge < -0.3 is 15.1 Å². The molecule has 2 N–H and O–H groups in total. The van der Waals surface area contributed by atoms with Crippen LogP contribution in [0.3, 0.4) is 0 Å². The summed E-state index contributed by atoms with van der Waals surface area (Å²) in [6.45, 7) is 1.97. The fourth-order valence-corrected chi connectivity index (χ4v) is 4.19. The summed E-state index contributed by atoms with van der Waals surface area (Å²) in [6.07, 6.45) is 1.46. The quantitative estimate of drug-likeness (QED) is 0.329. The molecule has 0 aliphatic carbocycles. The molecule has 1 aromatic heterocycles. The van der Waals surface area contributed by atoms with Gasteiger partial charge in [-0.15, -0.1) is 11.8 Å². The molecule has 0 saturated carbocycles. The third-order valence-electron chi connectivity index (χ3n) is 4.85. The van der Waals surface area contributed by atoms with E-state index in [1.807, 2.05) is 85.8 Å². The number of thioether (sulfide) groups is 1. The number of hydrogen-bond donors (Lipinski definition) is 2. The standard InChI is InChI=1S/C26H22N2O3S/c1-18-8-5-6-11-22(18)28-26(30)24(19-9-3-2-4-10-19)32-21-15-13-20(14-16-21)27-25(29)23-12-7-17-31-23/h2-17,24H,1H3,(H,27,29)(H,28,30). The van der Waals surface area contributed by atoms with E-state index < -0.39 is 5.25 Å². The molecule has 1 unspecified atom stereocenters. The van der Waals surface area contributed by atoms with E-state index in [4.69, 9.17) is 4.42 Å². The molecule has 1 atom stereocenters. The molecule has 1 heterocycles. The Bertz CT molecular complexity index is 1190. The van der Waals surface area contributed by atoms with E-state index in [1.54, 1.807) is 12.1 Å². The van der Waals surface area contributed by atoms with Crippen LogP contribution in [0.1, 0.15) is 26.9 Å². The van der Waals surface area contributed by atoms with Gasteiger partial charge in [-0.25, -0.2) is 0 Å². The molecule has 4 rings (SSSR count). The highest BCUT2D eigenvalue weighted by molar-refractivity contribution is 8.00. The van der Waals surface area contributed by atoms with Gasteiger partial charge >= 0.3 is 0 Å². The predicted molar refractivity (Wildman–Crippen MR) is 128 cm³/mol. The lowest BCUT2D eigenvalue weighted by Crippen LogP contribution is -2.19. The molecule has 160 valence electrons. The molecule has 0 radical (unpaired) electrons. The van der Waals surface area contributed by atoms with Crippen molar-refractivity contribution in [3.05, 3.63) is 114 Å². The Hall–Kier alpha value is -3.77. The molecule has 3 aromatic carbocycles. The lowest BCUT2D eigenvalue weighted by Gasteiger charge is -2.18. The van der Waals surface area contributed by atoms with Crippen molar-refractivity contribution in [2.75, 3.05) is 10.6 Å². The van der Waals surface area contributed by atoms with Crippen molar-refractivity contribution in [1.82, 2.24) is 0 Å². The van der Waals surface area contributed by atoms with Crippen molar-refractivity contribution in [1.29, 1.82) is 0 Å². The number of anilines is 2. The normalized spacial score (nSPS) is 11.5. The maximum Gasteiger partial charge on any atom is 0.291 e. The topological polar surface area (TPSA) is 71.3 Å². The highest BCUT2D eigenvalue weighted by Gasteiger charge is 2.22. The molecule has 4 aromatic rings. The number of nitrogens with one attached hydrogen (secondary N) is 2. The number of benzene rings is 3. The molecular weight excluding hydrogens is 420 g/mol. The van der Waals surface area contributed by atoms with Gasteiger partial charge in [0, 0.05) is 16.3 Å². The van der Waals surface area contributed by atoms with Crippen LogP contribution >= 0.6 is 11.8 Å². The van der Waals surface area contributed by atoms with E-state index >= 15 is 0 Å². The SMILES string of the molecule is Cc1ccccc1NC(=O)C(Sc1ccc(NC(=O)c2ccco2)cc1)c1ccccc1. The van der Waals surface area contributed by atoms with E-state index in [9.17, 15) is 9.59 Å². The van der Waals surface area contributed by atoms with E-state index in [0.717, 1.165) is 21.7 Å². The van der Waals surface area contributed by atoms with Crippen LogP contribution in [0, 0.1) is 6.92 Å². The second-order valence-electron chi connectivity index (χ2n) is 7.17. The van der Waals surface area contributed by atoms with Crippen molar-refractivity contribution in [2.45, 2.75) is 17.1 Å². The van der Waals surface area contributed by atoms with Crippen molar-refractivity contribution >= 4 is 35.0 Å². The van der Waals surface area contributed by atoms with Crippen LogP contribution in [0.2, 0.25) is 0 Å². The summed E-state index contributed by atoms with van der Waals surface area (Å²) in [5.74, 6) is -0.152. The summed E-state index contributed by atoms with van der Waals surface area (Å²) < 4.78 is 5.12. The third-order valence-corrected chi connectivity index (χ3v) is 6.12. The molecule has 0 bridgehead atoms. The Kier molecular flexibility index (Phi) is 6.72. The summed E-state index contributed by atoms with van der Waals surface area (Å²) in [5.41, 5.74) is 3.37. The van der Waals surface area contributed by atoms with E-state index in [-0.39, 0.29) is 17.6 Å². The molecular formula is C26H22N2O3S. The number of furan rings is 1. The van der Waals surface area contributed by atoms with Crippen molar-refractivity contribution < 1.29 is 14.0 Å². The second kappa shape index (κ2) is 10.0. The van der Waals surface area contributed by atoms with Crippen LogP contribution in [0.4, 0.5) is 11.4 Å². The zero-order chi connectivity index (χ0) is 22.3. The Labute approximate surface area is 190 Å². The number of para-hydroxylation sites is 1. The van der Waals surface area contributed by atoms with Gasteiger partial charge in [-0.05, 0) is 60.5 Å². The summed E-state index contributed by atoms with van der Waals surface area (Å²) in [6, 6.07) is 28.1. The zero-order valence-electron chi connectivity index (χ0n) is 17.4. The minimum Gasteiger partial charge on any atom is -0.459 e. The molecule has 2 amide bonds. The van der Waals surface area contributed by atoms with Gasteiger partial charge in [0.2, 0.25) is 5.91 Å². The lowest BCUT2D eigenvalue weighted by molar-refractivity contribution is -0.115. The largest absolute Gasteiger partial charge is 0.459 e. The number of carbonyl (C=O) groups excluding carboxylic acids is 2. The van der Waals surface area contributed by atoms with Crippen LogP contribution in [0.25, 0.3) is 0 Å². The maximum atomic E-state index is 13.2. The van der Waals surface area contributed by atoms with E-state index in [0.29, 0.717) is 5.69 Å². The first kappa shape index (κ1) is 21.5. The molecule has 0 saturated heterocycles. The van der Waals surface area contributed by atoms with E-state index in [1.165, 1.54) is 18.0 Å². The van der Waals surface area contributed by atoms with Gasteiger partial charge in [0.25, 0.3) is 5.91 Å². The molecule has 0 spiro atoms. The van der Waals surface area contributed by atoms with Gasteiger partial charge in [-0.3, -0.25) is 9.59 Å². The van der Waals surface area contributed by atoms with Crippen LogP contribution in [0.15, 0.2) is 107 Å². The van der Waals surface area contributed by atoms with Gasteiger partial charge in [0.05, 0.1) is 6.26 Å². The second-order valence-corrected chi connectivity index (χ2v) is 8.35. The van der Waals surface area contributed by atoms with Gasteiger partial charge in [0.15, 0.2) is 5.76 Å². The maximum absolute atomic E-state index is 13.2. The highest BCUT2D eigenvalue weighted by atomic mass is 32.2. The predicted octanol–water partition coefficient (Wildman–Crippen LogP) is 6.31. The molecule has 0 aliphatic heterocycles. The number of aryl methyl sites for hydroxylation is 1. The fraction of sp³-hybridized carbons (Fsp3) is 0.0769. The Morgan fingerprint density at radius 2 is 1.53 bits per heavy atom. The van der Waals surface area contributed by atoms with Crippen LogP contribution in [-0.2, 0) is 4.79 Å². The summed E-state index contributed by atoms with van der Waals surface area (Å²) in [4.78, 5) is 26.3. The average Bonchev–Trinajstić information content (AvgIpc) is 3.36. The Morgan fingerprint density at radius 1 is 0.812 bits per heavy atom. The summed E-state index contributed by atoms with van der Waals surface area (Å²) in [7, 11) is 0. The first-order valence-corrected chi connectivity index (χ1v) is 11.0. The van der Waals surface area contributed by atoms with Crippen molar-refractivity contribution in [3.63, 3.8) is 0 Å². The van der Waals surface area contributed by atoms with Crippen LogP contribution < -0.4 is 10.6 Å². The Morgan fingerprint density at radius 3 is 2.22 bits per heavy atom. The van der Waals surface area contributed by atoms with Crippen LogP contribution in [-0.4, -0.2) is 11.8 Å².